The van der Waals surface area contributed by atoms with E-state index < -0.39 is 0 Å². The van der Waals surface area contributed by atoms with Crippen molar-refractivity contribution in [1.82, 2.24) is 25.8 Å². The number of nitrogens with one attached hydrogen (secondary N) is 3. The smallest absolute Gasteiger partial charge is 0.251 e. The second-order valence-corrected chi connectivity index (χ2v) is 6.06. The molecule has 0 fully saturated rings. The number of carbonyl (C=O) groups is 2. The van der Waals surface area contributed by atoms with Crippen molar-refractivity contribution < 1.29 is 9.59 Å². The average Bonchev–Trinajstić information content (AvgIpc) is 3.12. The normalized spacial score (nSPS) is 10.4. The number of H-pyrrole nitrogens is 1. The van der Waals surface area contributed by atoms with Crippen LogP contribution in [0.3, 0.4) is 0 Å². The van der Waals surface area contributed by atoms with Gasteiger partial charge in [0.1, 0.15) is 5.82 Å². The van der Waals surface area contributed by atoms with Crippen molar-refractivity contribution in [3.63, 3.8) is 0 Å². The van der Waals surface area contributed by atoms with Crippen molar-refractivity contribution in [1.29, 1.82) is 0 Å². The van der Waals surface area contributed by atoms with E-state index in [0.717, 1.165) is 17.0 Å². The summed E-state index contributed by atoms with van der Waals surface area (Å²) in [5, 5.41) is 12.1. The predicted molar refractivity (Wildman–Crippen MR) is 102 cm³/mol. The predicted octanol–water partition coefficient (Wildman–Crippen LogP) is 1.87. The molecule has 7 nitrogen and oxygen atoms in total. The van der Waals surface area contributed by atoms with Gasteiger partial charge in [0.05, 0.1) is 6.54 Å². The molecule has 0 unspecified atom stereocenters. The molecule has 7 heteroatoms. The molecule has 1 aromatic heterocycles. The molecule has 2 aromatic carbocycles. The molecule has 0 saturated heterocycles. The molecule has 27 heavy (non-hydrogen) atoms. The zero-order chi connectivity index (χ0) is 19.1. The first-order chi connectivity index (χ1) is 13.1. The third kappa shape index (κ3) is 5.24. The van der Waals surface area contributed by atoms with E-state index in [-0.39, 0.29) is 18.4 Å². The molecule has 0 radical (unpaired) electrons. The summed E-state index contributed by atoms with van der Waals surface area (Å²) < 4.78 is 0. The van der Waals surface area contributed by atoms with Crippen LogP contribution in [0.4, 0.5) is 0 Å². The number of nitrogens with zero attached hydrogens (tertiary/aromatic N) is 2. The largest absolute Gasteiger partial charge is 0.354 e. The fraction of sp³-hybridized carbons (Fsp3) is 0.200. The summed E-state index contributed by atoms with van der Waals surface area (Å²) in [4.78, 5) is 28.2. The van der Waals surface area contributed by atoms with Crippen molar-refractivity contribution in [3.05, 3.63) is 71.8 Å². The lowest BCUT2D eigenvalue weighted by Gasteiger charge is -2.07. The lowest BCUT2D eigenvalue weighted by atomic mass is 10.0. The number of hydrogen-bond acceptors (Lipinski definition) is 4. The van der Waals surface area contributed by atoms with Crippen LogP contribution in [0.5, 0.6) is 0 Å². The molecule has 3 rings (SSSR count). The van der Waals surface area contributed by atoms with Gasteiger partial charge < -0.3 is 10.6 Å². The second kappa shape index (κ2) is 8.75. The van der Waals surface area contributed by atoms with Crippen LogP contribution in [-0.4, -0.2) is 40.1 Å². The molecule has 0 atom stereocenters. The zero-order valence-electron chi connectivity index (χ0n) is 15.0. The molecular weight excluding hydrogens is 342 g/mol. The van der Waals surface area contributed by atoms with E-state index in [1.165, 1.54) is 0 Å². The first-order valence-corrected chi connectivity index (χ1v) is 8.70. The third-order valence-corrected chi connectivity index (χ3v) is 3.98. The van der Waals surface area contributed by atoms with Gasteiger partial charge in [-0.05, 0) is 30.2 Å². The highest BCUT2D eigenvalue weighted by molar-refractivity contribution is 5.96. The molecule has 1 heterocycles. The Morgan fingerprint density at radius 1 is 0.963 bits per heavy atom. The highest BCUT2D eigenvalue weighted by Gasteiger charge is 2.09. The SMILES string of the molecule is Cc1nc(CCNC(=O)CNC(=O)c2ccc(-c3ccccc3)cc2)n[nH]1. The quantitative estimate of drug-likeness (QED) is 0.597. The van der Waals surface area contributed by atoms with Crippen molar-refractivity contribution in [2.24, 2.45) is 0 Å². The molecule has 0 aliphatic rings. The topological polar surface area (TPSA) is 99.8 Å². The fourth-order valence-electron chi connectivity index (χ4n) is 2.58. The lowest BCUT2D eigenvalue weighted by molar-refractivity contribution is -0.120. The number of aryl methyl sites for hydroxylation is 1. The van der Waals surface area contributed by atoms with E-state index in [4.69, 9.17) is 0 Å². The van der Waals surface area contributed by atoms with Gasteiger partial charge in [-0.15, -0.1) is 0 Å². The number of amides is 2. The zero-order valence-corrected chi connectivity index (χ0v) is 15.0. The molecular formula is C20H21N5O2. The number of rotatable bonds is 7. The van der Waals surface area contributed by atoms with Crippen LogP contribution < -0.4 is 10.6 Å². The van der Waals surface area contributed by atoms with Gasteiger partial charge in [-0.2, -0.15) is 5.10 Å². The van der Waals surface area contributed by atoms with E-state index in [1.807, 2.05) is 49.4 Å². The fourth-order valence-corrected chi connectivity index (χ4v) is 2.58. The molecule has 138 valence electrons. The molecule has 0 saturated carbocycles. The maximum absolute atomic E-state index is 12.2. The maximum Gasteiger partial charge on any atom is 0.251 e. The van der Waals surface area contributed by atoms with Crippen LogP contribution >= 0.6 is 0 Å². The van der Waals surface area contributed by atoms with Crippen LogP contribution in [0, 0.1) is 6.92 Å². The molecule has 3 aromatic rings. The van der Waals surface area contributed by atoms with Crippen LogP contribution in [0.1, 0.15) is 22.0 Å². The van der Waals surface area contributed by atoms with Gasteiger partial charge in [-0.3, -0.25) is 14.7 Å². The minimum absolute atomic E-state index is 0.0771. The number of aromatic nitrogens is 3. The minimum atomic E-state index is -0.283. The Labute approximate surface area is 157 Å². The summed E-state index contributed by atoms with van der Waals surface area (Å²) in [5.74, 6) is 0.850. The summed E-state index contributed by atoms with van der Waals surface area (Å²) >= 11 is 0. The van der Waals surface area contributed by atoms with E-state index >= 15 is 0 Å². The van der Waals surface area contributed by atoms with Gasteiger partial charge in [0, 0.05) is 18.5 Å². The second-order valence-electron chi connectivity index (χ2n) is 6.06. The Morgan fingerprint density at radius 3 is 2.33 bits per heavy atom. The number of benzene rings is 2. The monoisotopic (exact) mass is 363 g/mol. The van der Waals surface area contributed by atoms with Crippen molar-refractivity contribution >= 4 is 11.8 Å². The summed E-state index contributed by atoms with van der Waals surface area (Å²) in [6.07, 6.45) is 0.533. The Bertz CT molecular complexity index is 904. The van der Waals surface area contributed by atoms with Crippen molar-refractivity contribution in [3.8, 4) is 11.1 Å². The van der Waals surface area contributed by atoms with Gasteiger partial charge in [0.2, 0.25) is 5.91 Å². The Hall–Kier alpha value is -3.48. The summed E-state index contributed by atoms with van der Waals surface area (Å²) in [5.41, 5.74) is 2.64. The summed E-state index contributed by atoms with van der Waals surface area (Å²) in [7, 11) is 0. The van der Waals surface area contributed by atoms with E-state index in [1.54, 1.807) is 12.1 Å². The van der Waals surface area contributed by atoms with E-state index in [2.05, 4.69) is 25.8 Å². The van der Waals surface area contributed by atoms with Crippen LogP contribution in [-0.2, 0) is 11.2 Å². The minimum Gasteiger partial charge on any atom is -0.354 e. The van der Waals surface area contributed by atoms with Gasteiger partial charge in [0.25, 0.3) is 5.91 Å². The molecule has 3 N–H and O–H groups in total. The Kier molecular flexibility index (Phi) is 5.94. The average molecular weight is 363 g/mol. The Balaban J connectivity index is 1.44. The highest BCUT2D eigenvalue weighted by Crippen LogP contribution is 2.19. The molecule has 0 aliphatic heterocycles. The highest BCUT2D eigenvalue weighted by atomic mass is 16.2. The number of carbonyl (C=O) groups excluding carboxylic acids is 2. The van der Waals surface area contributed by atoms with Crippen molar-refractivity contribution in [2.45, 2.75) is 13.3 Å². The lowest BCUT2D eigenvalue weighted by Crippen LogP contribution is -2.37. The van der Waals surface area contributed by atoms with Crippen LogP contribution in [0.25, 0.3) is 11.1 Å². The Morgan fingerprint density at radius 2 is 1.67 bits per heavy atom. The third-order valence-electron chi connectivity index (χ3n) is 3.98. The first kappa shape index (κ1) is 18.3. The van der Waals surface area contributed by atoms with Crippen LogP contribution in [0.2, 0.25) is 0 Å². The maximum atomic E-state index is 12.2. The summed E-state index contributed by atoms with van der Waals surface area (Å²) in [6.45, 7) is 2.15. The van der Waals surface area contributed by atoms with Gasteiger partial charge in [0.15, 0.2) is 5.82 Å². The van der Waals surface area contributed by atoms with E-state index in [9.17, 15) is 9.59 Å². The van der Waals surface area contributed by atoms with Gasteiger partial charge in [-0.1, -0.05) is 42.5 Å². The van der Waals surface area contributed by atoms with Gasteiger partial charge in [-0.25, -0.2) is 4.98 Å². The first-order valence-electron chi connectivity index (χ1n) is 8.70. The molecule has 0 aliphatic carbocycles. The standard InChI is InChI=1S/C20H21N5O2/c1-14-23-18(25-24-14)11-12-21-19(26)13-22-20(27)17-9-7-16(8-10-17)15-5-3-2-4-6-15/h2-10H,11-13H2,1H3,(H,21,26)(H,22,27)(H,23,24,25). The molecule has 0 bridgehead atoms. The molecule has 2 amide bonds. The number of hydrogen-bond donors (Lipinski definition) is 3. The van der Waals surface area contributed by atoms with Crippen LogP contribution in [0.15, 0.2) is 54.6 Å². The number of aromatic amines is 1. The summed E-state index contributed by atoms with van der Waals surface area (Å²) in [6, 6.07) is 17.2. The van der Waals surface area contributed by atoms with Crippen molar-refractivity contribution in [2.75, 3.05) is 13.1 Å². The van der Waals surface area contributed by atoms with Gasteiger partial charge >= 0.3 is 0 Å². The molecule has 0 spiro atoms. The van der Waals surface area contributed by atoms with E-state index in [0.29, 0.717) is 24.4 Å².